The number of ether oxygens (including phenoxy) is 1. The molecule has 0 fully saturated rings. The SMILES string of the molecule is O=C(O)COc1cccc(NC(=O)CSc2ccccc2)c1. The summed E-state index contributed by atoms with van der Waals surface area (Å²) in [4.78, 5) is 23.4. The van der Waals surface area contributed by atoms with Crippen molar-refractivity contribution in [2.24, 2.45) is 0 Å². The molecule has 2 rings (SSSR count). The molecule has 0 atom stereocenters. The van der Waals surface area contributed by atoms with Crippen LogP contribution in [-0.4, -0.2) is 29.3 Å². The van der Waals surface area contributed by atoms with Crippen LogP contribution in [0.15, 0.2) is 59.5 Å². The first kappa shape index (κ1) is 15.9. The van der Waals surface area contributed by atoms with E-state index in [2.05, 4.69) is 5.32 Å². The number of anilines is 1. The molecule has 1 amide bonds. The molecule has 114 valence electrons. The van der Waals surface area contributed by atoms with Gasteiger partial charge in [0.1, 0.15) is 5.75 Å². The van der Waals surface area contributed by atoms with Gasteiger partial charge in [0.15, 0.2) is 6.61 Å². The molecule has 0 bridgehead atoms. The van der Waals surface area contributed by atoms with Crippen LogP contribution in [0.25, 0.3) is 0 Å². The fraction of sp³-hybridized carbons (Fsp3) is 0.125. The van der Waals surface area contributed by atoms with Crippen LogP contribution in [-0.2, 0) is 9.59 Å². The summed E-state index contributed by atoms with van der Waals surface area (Å²) in [5.41, 5.74) is 0.571. The van der Waals surface area contributed by atoms with Gasteiger partial charge in [-0.15, -0.1) is 11.8 Å². The average molecular weight is 317 g/mol. The molecule has 0 aromatic heterocycles. The third kappa shape index (κ3) is 5.49. The lowest BCUT2D eigenvalue weighted by atomic mass is 10.3. The van der Waals surface area contributed by atoms with Crippen molar-refractivity contribution in [1.29, 1.82) is 0 Å². The third-order valence-electron chi connectivity index (χ3n) is 2.59. The standard InChI is InChI=1S/C16H15NO4S/c18-15(11-22-14-7-2-1-3-8-14)17-12-5-4-6-13(9-12)21-10-16(19)20/h1-9H,10-11H2,(H,17,18)(H,19,20). The van der Waals surface area contributed by atoms with E-state index in [0.29, 0.717) is 17.2 Å². The van der Waals surface area contributed by atoms with Crippen LogP contribution in [0.4, 0.5) is 5.69 Å². The van der Waals surface area contributed by atoms with E-state index in [4.69, 9.17) is 9.84 Å². The van der Waals surface area contributed by atoms with E-state index in [9.17, 15) is 9.59 Å². The van der Waals surface area contributed by atoms with E-state index in [0.717, 1.165) is 4.90 Å². The van der Waals surface area contributed by atoms with Gasteiger partial charge in [-0.05, 0) is 24.3 Å². The van der Waals surface area contributed by atoms with Gasteiger partial charge in [0.2, 0.25) is 5.91 Å². The number of nitrogens with one attached hydrogen (secondary N) is 1. The van der Waals surface area contributed by atoms with Crippen molar-refractivity contribution in [2.45, 2.75) is 4.90 Å². The number of aliphatic carboxylic acids is 1. The summed E-state index contributed by atoms with van der Waals surface area (Å²) in [5.74, 6) is -0.488. The second-order valence-electron chi connectivity index (χ2n) is 4.36. The summed E-state index contributed by atoms with van der Waals surface area (Å²) in [5, 5.41) is 11.3. The molecule has 0 unspecified atom stereocenters. The molecular formula is C16H15NO4S. The minimum atomic E-state index is -1.05. The fourth-order valence-electron chi connectivity index (χ4n) is 1.67. The summed E-state index contributed by atoms with van der Waals surface area (Å²) < 4.78 is 5.06. The van der Waals surface area contributed by atoms with Gasteiger partial charge in [-0.3, -0.25) is 4.79 Å². The molecule has 2 N–H and O–H groups in total. The van der Waals surface area contributed by atoms with Crippen LogP contribution in [0.3, 0.4) is 0 Å². The number of carboxylic acids is 1. The molecule has 0 aliphatic heterocycles. The molecule has 0 saturated heterocycles. The number of thioether (sulfide) groups is 1. The zero-order valence-corrected chi connectivity index (χ0v) is 12.5. The highest BCUT2D eigenvalue weighted by Gasteiger charge is 2.05. The second-order valence-corrected chi connectivity index (χ2v) is 5.41. The zero-order chi connectivity index (χ0) is 15.8. The Bertz CT molecular complexity index is 646. The quantitative estimate of drug-likeness (QED) is 0.768. The maximum atomic E-state index is 11.9. The van der Waals surface area contributed by atoms with Gasteiger partial charge in [0, 0.05) is 16.6 Å². The number of benzene rings is 2. The molecule has 0 heterocycles. The van der Waals surface area contributed by atoms with Crippen LogP contribution in [0.5, 0.6) is 5.75 Å². The minimum absolute atomic E-state index is 0.135. The van der Waals surface area contributed by atoms with Crippen molar-refractivity contribution in [1.82, 2.24) is 0 Å². The van der Waals surface area contributed by atoms with Gasteiger partial charge in [0.05, 0.1) is 5.75 Å². The van der Waals surface area contributed by atoms with Crippen molar-refractivity contribution in [2.75, 3.05) is 17.7 Å². The van der Waals surface area contributed by atoms with E-state index in [1.807, 2.05) is 30.3 Å². The molecule has 6 heteroatoms. The van der Waals surface area contributed by atoms with Crippen molar-refractivity contribution >= 4 is 29.3 Å². The molecule has 5 nitrogen and oxygen atoms in total. The number of carbonyl (C=O) groups is 2. The van der Waals surface area contributed by atoms with E-state index >= 15 is 0 Å². The van der Waals surface area contributed by atoms with E-state index in [-0.39, 0.29) is 5.91 Å². The Morgan fingerprint density at radius 3 is 2.59 bits per heavy atom. The first-order valence-corrected chi connectivity index (χ1v) is 7.54. The Morgan fingerprint density at radius 2 is 1.86 bits per heavy atom. The van der Waals surface area contributed by atoms with Gasteiger partial charge in [0.25, 0.3) is 0 Å². The normalized spacial score (nSPS) is 10.0. The summed E-state index contributed by atoms with van der Waals surface area (Å²) in [6, 6.07) is 16.3. The summed E-state index contributed by atoms with van der Waals surface area (Å²) >= 11 is 1.45. The second kappa shape index (κ2) is 8.09. The smallest absolute Gasteiger partial charge is 0.341 e. The van der Waals surface area contributed by atoms with Crippen molar-refractivity contribution in [3.8, 4) is 5.75 Å². The predicted molar refractivity (Wildman–Crippen MR) is 85.4 cm³/mol. The van der Waals surface area contributed by atoms with Crippen LogP contribution in [0.2, 0.25) is 0 Å². The predicted octanol–water partition coefficient (Wildman–Crippen LogP) is 2.88. The Kier molecular flexibility index (Phi) is 5.85. The lowest BCUT2D eigenvalue weighted by Crippen LogP contribution is -2.14. The summed E-state index contributed by atoms with van der Waals surface area (Å²) in [7, 11) is 0. The number of hydrogen-bond donors (Lipinski definition) is 2. The molecular weight excluding hydrogens is 302 g/mol. The van der Waals surface area contributed by atoms with Gasteiger partial charge < -0.3 is 15.2 Å². The van der Waals surface area contributed by atoms with Crippen molar-refractivity contribution in [3.05, 3.63) is 54.6 Å². The van der Waals surface area contributed by atoms with Crippen LogP contribution in [0, 0.1) is 0 Å². The Morgan fingerprint density at radius 1 is 1.09 bits per heavy atom. The van der Waals surface area contributed by atoms with Crippen LogP contribution < -0.4 is 10.1 Å². The maximum absolute atomic E-state index is 11.9. The number of hydrogen-bond acceptors (Lipinski definition) is 4. The molecule has 0 radical (unpaired) electrons. The zero-order valence-electron chi connectivity index (χ0n) is 11.7. The molecule has 2 aromatic carbocycles. The third-order valence-corrected chi connectivity index (χ3v) is 3.61. The Balaban J connectivity index is 1.85. The average Bonchev–Trinajstić information content (AvgIpc) is 2.52. The lowest BCUT2D eigenvalue weighted by molar-refractivity contribution is -0.139. The van der Waals surface area contributed by atoms with Crippen LogP contribution in [0.1, 0.15) is 0 Å². The minimum Gasteiger partial charge on any atom is -0.482 e. The molecule has 22 heavy (non-hydrogen) atoms. The van der Waals surface area contributed by atoms with Gasteiger partial charge >= 0.3 is 5.97 Å². The number of carbonyl (C=O) groups excluding carboxylic acids is 1. The fourth-order valence-corrected chi connectivity index (χ4v) is 2.39. The summed E-state index contributed by atoms with van der Waals surface area (Å²) in [6.45, 7) is -0.415. The van der Waals surface area contributed by atoms with E-state index in [1.54, 1.807) is 24.3 Å². The molecule has 0 aliphatic carbocycles. The van der Waals surface area contributed by atoms with Gasteiger partial charge in [-0.2, -0.15) is 0 Å². The van der Waals surface area contributed by atoms with Gasteiger partial charge in [-0.25, -0.2) is 4.79 Å². The number of rotatable bonds is 7. The largest absolute Gasteiger partial charge is 0.482 e. The molecule has 2 aromatic rings. The maximum Gasteiger partial charge on any atom is 0.341 e. The van der Waals surface area contributed by atoms with E-state index < -0.39 is 12.6 Å². The van der Waals surface area contributed by atoms with E-state index in [1.165, 1.54) is 11.8 Å². The highest BCUT2D eigenvalue weighted by molar-refractivity contribution is 8.00. The molecule has 0 spiro atoms. The van der Waals surface area contributed by atoms with Gasteiger partial charge in [-0.1, -0.05) is 24.3 Å². The van der Waals surface area contributed by atoms with Crippen molar-refractivity contribution in [3.63, 3.8) is 0 Å². The molecule has 0 saturated carbocycles. The molecule has 0 aliphatic rings. The summed E-state index contributed by atoms with van der Waals surface area (Å²) in [6.07, 6.45) is 0. The Hall–Kier alpha value is -2.47. The number of amides is 1. The van der Waals surface area contributed by atoms with Crippen LogP contribution >= 0.6 is 11.8 Å². The first-order chi connectivity index (χ1) is 10.6. The topological polar surface area (TPSA) is 75.6 Å². The Labute approximate surface area is 132 Å². The highest BCUT2D eigenvalue weighted by atomic mass is 32.2. The monoisotopic (exact) mass is 317 g/mol. The first-order valence-electron chi connectivity index (χ1n) is 6.56. The number of carboxylic acid groups (broad SMARTS) is 1. The highest BCUT2D eigenvalue weighted by Crippen LogP contribution is 2.19. The lowest BCUT2D eigenvalue weighted by Gasteiger charge is -2.08. The van der Waals surface area contributed by atoms with Crippen molar-refractivity contribution < 1.29 is 19.4 Å².